The summed E-state index contributed by atoms with van der Waals surface area (Å²) in [7, 11) is -3.85. The Bertz CT molecular complexity index is 1160. The average Bonchev–Trinajstić information content (AvgIpc) is 2.74. The van der Waals surface area contributed by atoms with Crippen molar-refractivity contribution in [2.45, 2.75) is 36.7 Å². The van der Waals surface area contributed by atoms with E-state index in [1.165, 1.54) is 4.31 Å². The molecule has 0 aromatic heterocycles. The van der Waals surface area contributed by atoms with Crippen LogP contribution in [-0.2, 0) is 21.4 Å². The van der Waals surface area contributed by atoms with E-state index in [-0.39, 0.29) is 17.9 Å². The smallest absolute Gasteiger partial charge is 0.304 e. The Labute approximate surface area is 176 Å². The fourth-order valence-corrected chi connectivity index (χ4v) is 5.84. The Balaban J connectivity index is 1.91. The molecule has 0 spiro atoms. The Morgan fingerprint density at radius 3 is 2.27 bits per heavy atom. The number of fused-ring (bicyclic) bond motifs is 1. The Kier molecular flexibility index (Phi) is 5.45. The van der Waals surface area contributed by atoms with Gasteiger partial charge in [-0.05, 0) is 35.7 Å². The second-order valence-electron chi connectivity index (χ2n) is 7.62. The molecule has 0 unspecified atom stereocenters. The number of rotatable bonds is 5. The summed E-state index contributed by atoms with van der Waals surface area (Å²) >= 11 is 0. The molecule has 0 fully saturated rings. The fraction of sp³-hybridized carbons (Fsp3) is 0.208. The van der Waals surface area contributed by atoms with Gasteiger partial charge in [-0.2, -0.15) is 4.31 Å². The zero-order chi connectivity index (χ0) is 21.3. The number of carbonyl (C=O) groups is 1. The van der Waals surface area contributed by atoms with E-state index < -0.39 is 28.0 Å². The van der Waals surface area contributed by atoms with Crippen LogP contribution >= 0.6 is 0 Å². The van der Waals surface area contributed by atoms with E-state index in [9.17, 15) is 18.3 Å². The summed E-state index contributed by atoms with van der Waals surface area (Å²) in [6.07, 6.45) is -0.156. The van der Waals surface area contributed by atoms with E-state index in [2.05, 4.69) is 0 Å². The quantitative estimate of drug-likeness (QED) is 0.658. The number of hydrogen-bond acceptors (Lipinski definition) is 3. The van der Waals surface area contributed by atoms with E-state index in [1.807, 2.05) is 61.5 Å². The number of benzene rings is 3. The summed E-state index contributed by atoms with van der Waals surface area (Å²) in [5, 5.41) is 9.62. The minimum atomic E-state index is -3.85. The van der Waals surface area contributed by atoms with Crippen LogP contribution < -0.4 is 0 Å². The lowest BCUT2D eigenvalue weighted by Crippen LogP contribution is -2.41. The molecule has 30 heavy (non-hydrogen) atoms. The highest BCUT2D eigenvalue weighted by atomic mass is 32.2. The van der Waals surface area contributed by atoms with Gasteiger partial charge in [-0.25, -0.2) is 8.42 Å². The van der Waals surface area contributed by atoms with Crippen LogP contribution in [0, 0.1) is 6.92 Å². The van der Waals surface area contributed by atoms with Gasteiger partial charge in [0.05, 0.1) is 17.4 Å². The van der Waals surface area contributed by atoms with E-state index in [1.54, 1.807) is 24.3 Å². The number of nitrogens with zero attached hydrogens (tertiary/aromatic N) is 1. The van der Waals surface area contributed by atoms with Gasteiger partial charge in [0.25, 0.3) is 0 Å². The molecule has 0 radical (unpaired) electrons. The maximum absolute atomic E-state index is 13.7. The molecule has 2 atom stereocenters. The van der Waals surface area contributed by atoms with Crippen molar-refractivity contribution in [1.29, 1.82) is 0 Å². The van der Waals surface area contributed by atoms with Gasteiger partial charge in [-0.3, -0.25) is 4.79 Å². The summed E-state index contributed by atoms with van der Waals surface area (Å²) < 4.78 is 28.9. The van der Waals surface area contributed by atoms with Crippen molar-refractivity contribution in [1.82, 2.24) is 4.31 Å². The summed E-state index contributed by atoms with van der Waals surface area (Å²) in [4.78, 5) is 12.0. The molecular formula is C24H23NO4S. The first-order valence-corrected chi connectivity index (χ1v) is 11.2. The van der Waals surface area contributed by atoms with Gasteiger partial charge in [0.1, 0.15) is 0 Å². The van der Waals surface area contributed by atoms with Crippen LogP contribution in [0.2, 0.25) is 0 Å². The second-order valence-corrected chi connectivity index (χ2v) is 9.51. The minimum absolute atomic E-state index is 0.156. The third-order valence-corrected chi connectivity index (χ3v) is 7.48. The van der Waals surface area contributed by atoms with E-state index in [0.717, 1.165) is 22.3 Å². The molecule has 1 aliphatic rings. The predicted octanol–water partition coefficient (Wildman–Crippen LogP) is 4.50. The largest absolute Gasteiger partial charge is 0.481 e. The maximum atomic E-state index is 13.7. The third-order valence-electron chi connectivity index (χ3n) is 5.64. The number of aliphatic carboxylic acids is 1. The van der Waals surface area contributed by atoms with Gasteiger partial charge in [-0.1, -0.05) is 72.3 Å². The SMILES string of the molecule is Cc1ccc(S(=O)(=O)N2Cc3ccccc3[C@@H](CC(=O)O)[C@@H]2c2ccccc2)cc1. The first-order chi connectivity index (χ1) is 14.4. The number of carboxylic acids is 1. The summed E-state index contributed by atoms with van der Waals surface area (Å²) in [6.45, 7) is 2.10. The fourth-order valence-electron chi connectivity index (χ4n) is 4.22. The molecule has 0 saturated carbocycles. The monoisotopic (exact) mass is 421 g/mol. The van der Waals surface area contributed by atoms with Crippen molar-refractivity contribution in [2.24, 2.45) is 0 Å². The van der Waals surface area contributed by atoms with Gasteiger partial charge in [0.2, 0.25) is 10.0 Å². The van der Waals surface area contributed by atoms with Gasteiger partial charge in [0, 0.05) is 12.5 Å². The Morgan fingerprint density at radius 1 is 0.967 bits per heavy atom. The van der Waals surface area contributed by atoms with Crippen LogP contribution in [0.3, 0.4) is 0 Å². The van der Waals surface area contributed by atoms with Crippen molar-refractivity contribution in [3.8, 4) is 0 Å². The average molecular weight is 422 g/mol. The number of carboxylic acid groups (broad SMARTS) is 1. The molecule has 1 N–H and O–H groups in total. The van der Waals surface area contributed by atoms with E-state index >= 15 is 0 Å². The molecule has 6 heteroatoms. The maximum Gasteiger partial charge on any atom is 0.304 e. The first-order valence-electron chi connectivity index (χ1n) is 9.81. The molecule has 5 nitrogen and oxygen atoms in total. The third kappa shape index (κ3) is 3.76. The lowest BCUT2D eigenvalue weighted by molar-refractivity contribution is -0.137. The molecule has 0 aliphatic carbocycles. The zero-order valence-corrected chi connectivity index (χ0v) is 17.4. The summed E-state index contributed by atoms with van der Waals surface area (Å²) in [5.41, 5.74) is 3.49. The number of sulfonamides is 1. The van der Waals surface area contributed by atoms with Crippen LogP contribution in [-0.4, -0.2) is 23.8 Å². The summed E-state index contributed by atoms with van der Waals surface area (Å²) in [6, 6.07) is 23.0. The van der Waals surface area contributed by atoms with Crippen molar-refractivity contribution in [2.75, 3.05) is 0 Å². The second kappa shape index (κ2) is 8.05. The van der Waals surface area contributed by atoms with Gasteiger partial charge in [0.15, 0.2) is 0 Å². The van der Waals surface area contributed by atoms with Gasteiger partial charge < -0.3 is 5.11 Å². The van der Waals surface area contributed by atoms with Crippen molar-refractivity contribution in [3.63, 3.8) is 0 Å². The molecule has 1 aliphatic heterocycles. The lowest BCUT2D eigenvalue weighted by atomic mass is 9.79. The highest BCUT2D eigenvalue weighted by molar-refractivity contribution is 7.89. The molecule has 154 valence electrons. The Hall–Kier alpha value is -2.96. The van der Waals surface area contributed by atoms with Crippen LogP contribution in [0.4, 0.5) is 0 Å². The molecule has 0 saturated heterocycles. The lowest BCUT2D eigenvalue weighted by Gasteiger charge is -2.41. The Morgan fingerprint density at radius 2 is 1.60 bits per heavy atom. The standard InChI is InChI=1S/C24H23NO4S/c1-17-11-13-20(14-12-17)30(28,29)25-16-19-9-5-6-10-21(19)22(15-23(26)27)24(25)18-7-3-2-4-8-18/h2-14,22,24H,15-16H2,1H3,(H,26,27)/t22-,24+/m1/s1. The van der Waals surface area contributed by atoms with Crippen molar-refractivity contribution in [3.05, 3.63) is 101 Å². The highest BCUT2D eigenvalue weighted by Crippen LogP contribution is 2.46. The van der Waals surface area contributed by atoms with E-state index in [4.69, 9.17) is 0 Å². The molecule has 0 bridgehead atoms. The van der Waals surface area contributed by atoms with E-state index in [0.29, 0.717) is 0 Å². The molecule has 0 amide bonds. The topological polar surface area (TPSA) is 74.7 Å². The van der Waals surface area contributed by atoms with Gasteiger partial charge >= 0.3 is 5.97 Å². The van der Waals surface area contributed by atoms with Crippen molar-refractivity contribution < 1.29 is 18.3 Å². The van der Waals surface area contributed by atoms with Crippen LogP contribution in [0.15, 0.2) is 83.8 Å². The molecule has 3 aromatic rings. The normalized spacial score (nSPS) is 19.2. The van der Waals surface area contributed by atoms with Gasteiger partial charge in [-0.15, -0.1) is 0 Å². The highest BCUT2D eigenvalue weighted by Gasteiger charge is 2.43. The zero-order valence-electron chi connectivity index (χ0n) is 16.6. The van der Waals surface area contributed by atoms with Crippen LogP contribution in [0.5, 0.6) is 0 Å². The number of hydrogen-bond donors (Lipinski definition) is 1. The molecule has 1 heterocycles. The molecule has 4 rings (SSSR count). The predicted molar refractivity (Wildman–Crippen MR) is 115 cm³/mol. The summed E-state index contributed by atoms with van der Waals surface area (Å²) in [5.74, 6) is -1.44. The van der Waals surface area contributed by atoms with Crippen molar-refractivity contribution >= 4 is 16.0 Å². The van der Waals surface area contributed by atoms with Crippen LogP contribution in [0.1, 0.15) is 40.6 Å². The molecular weight excluding hydrogens is 398 g/mol. The van der Waals surface area contributed by atoms with Crippen LogP contribution in [0.25, 0.3) is 0 Å². The molecule has 3 aromatic carbocycles. The minimum Gasteiger partial charge on any atom is -0.481 e. The number of aryl methyl sites for hydroxylation is 1. The first kappa shape index (κ1) is 20.3.